The molecule has 1 saturated heterocycles. The molecule has 9 nitrogen and oxygen atoms in total. The summed E-state index contributed by atoms with van der Waals surface area (Å²) < 4.78 is 5.15. The zero-order valence-corrected chi connectivity index (χ0v) is 20.7. The number of ether oxygens (including phenoxy) is 1. The number of nitrogens with zero attached hydrogens (tertiary/aromatic N) is 1. The Labute approximate surface area is 215 Å². The van der Waals surface area contributed by atoms with Gasteiger partial charge in [0, 0.05) is 25.9 Å². The summed E-state index contributed by atoms with van der Waals surface area (Å²) in [4.78, 5) is 50.2. The topological polar surface area (TPSA) is 117 Å². The van der Waals surface area contributed by atoms with E-state index < -0.39 is 23.7 Å². The maximum atomic E-state index is 12.4. The van der Waals surface area contributed by atoms with Crippen LogP contribution < -0.4 is 16.2 Å². The fourth-order valence-corrected chi connectivity index (χ4v) is 3.90. The Kier molecular flexibility index (Phi) is 10.4. The van der Waals surface area contributed by atoms with Crippen LogP contribution in [-0.4, -0.2) is 46.9 Å². The van der Waals surface area contributed by atoms with Gasteiger partial charge in [0.15, 0.2) is 5.11 Å². The van der Waals surface area contributed by atoms with E-state index in [0.29, 0.717) is 19.5 Å². The number of aryl methyl sites for hydroxylation is 1. The first-order valence-corrected chi connectivity index (χ1v) is 12.2. The van der Waals surface area contributed by atoms with Crippen molar-refractivity contribution in [1.29, 1.82) is 0 Å². The van der Waals surface area contributed by atoms with Gasteiger partial charge in [-0.25, -0.2) is 0 Å². The number of carbonyl (C=O) groups is 4. The standard InChI is InChI=1S/C26H30N4O5S/c31-22(13-14-24(33)35-15-7-12-19-8-3-1-4-9-19)27-26(36)29-28-25(34)21-16-23(32)30(18-21)17-20-10-5-2-6-11-20/h1-6,8-11,21H,7,12-18H2,(H,28,34)(H2,27,29,31,36). The maximum absolute atomic E-state index is 12.4. The third-order valence-corrected chi connectivity index (χ3v) is 5.83. The molecule has 1 fully saturated rings. The number of esters is 1. The highest BCUT2D eigenvalue weighted by Gasteiger charge is 2.34. The minimum absolute atomic E-state index is 0.0758. The summed E-state index contributed by atoms with van der Waals surface area (Å²) in [5.41, 5.74) is 7.06. The van der Waals surface area contributed by atoms with Crippen LogP contribution in [0.3, 0.4) is 0 Å². The summed E-state index contributed by atoms with van der Waals surface area (Å²) >= 11 is 5.02. The lowest BCUT2D eigenvalue weighted by Crippen LogP contribution is -2.50. The molecule has 3 N–H and O–H groups in total. The van der Waals surface area contributed by atoms with E-state index in [2.05, 4.69) is 16.2 Å². The van der Waals surface area contributed by atoms with Crippen molar-refractivity contribution in [2.75, 3.05) is 13.2 Å². The second-order valence-corrected chi connectivity index (χ2v) is 8.87. The van der Waals surface area contributed by atoms with Gasteiger partial charge in [0.05, 0.1) is 18.9 Å². The molecular weight excluding hydrogens is 480 g/mol. The van der Waals surface area contributed by atoms with E-state index in [9.17, 15) is 19.2 Å². The molecule has 1 aliphatic heterocycles. The van der Waals surface area contributed by atoms with Crippen LogP contribution in [0.5, 0.6) is 0 Å². The summed E-state index contributed by atoms with van der Waals surface area (Å²) in [6.07, 6.45) is 1.44. The zero-order valence-electron chi connectivity index (χ0n) is 19.9. The van der Waals surface area contributed by atoms with Gasteiger partial charge in [0.2, 0.25) is 17.7 Å². The molecule has 1 aliphatic rings. The predicted octanol–water partition coefficient (Wildman–Crippen LogP) is 2.01. The fraction of sp³-hybridized carbons (Fsp3) is 0.346. The van der Waals surface area contributed by atoms with Gasteiger partial charge in [0.25, 0.3) is 0 Å². The number of likely N-dealkylation sites (tertiary alicyclic amines) is 1. The van der Waals surface area contributed by atoms with Gasteiger partial charge in [-0.3, -0.25) is 30.0 Å². The molecule has 0 bridgehead atoms. The highest BCUT2D eigenvalue weighted by atomic mass is 32.1. The molecule has 2 aromatic rings. The van der Waals surface area contributed by atoms with Gasteiger partial charge < -0.3 is 15.0 Å². The molecule has 3 rings (SSSR count). The summed E-state index contributed by atoms with van der Waals surface area (Å²) in [5, 5.41) is 2.30. The molecule has 0 radical (unpaired) electrons. The average molecular weight is 511 g/mol. The number of hydrogen-bond donors (Lipinski definition) is 3. The highest BCUT2D eigenvalue weighted by Crippen LogP contribution is 2.20. The van der Waals surface area contributed by atoms with Gasteiger partial charge in [-0.2, -0.15) is 0 Å². The summed E-state index contributed by atoms with van der Waals surface area (Å²) in [7, 11) is 0. The number of amides is 3. The summed E-state index contributed by atoms with van der Waals surface area (Å²) in [5.74, 6) is -1.95. The van der Waals surface area contributed by atoms with E-state index in [1.165, 1.54) is 5.56 Å². The molecule has 36 heavy (non-hydrogen) atoms. The largest absolute Gasteiger partial charge is 0.466 e. The quantitative estimate of drug-likeness (QED) is 0.194. The van der Waals surface area contributed by atoms with Crippen molar-refractivity contribution in [2.45, 2.75) is 38.6 Å². The van der Waals surface area contributed by atoms with Crippen LogP contribution in [-0.2, 0) is 36.9 Å². The number of hydrogen-bond acceptors (Lipinski definition) is 6. The van der Waals surface area contributed by atoms with E-state index in [-0.39, 0.29) is 36.9 Å². The zero-order chi connectivity index (χ0) is 25.8. The Morgan fingerprint density at radius 3 is 2.31 bits per heavy atom. The van der Waals surface area contributed by atoms with Crippen LogP contribution in [0, 0.1) is 5.92 Å². The average Bonchev–Trinajstić information content (AvgIpc) is 3.25. The van der Waals surface area contributed by atoms with E-state index in [0.717, 1.165) is 12.0 Å². The van der Waals surface area contributed by atoms with Gasteiger partial charge >= 0.3 is 5.97 Å². The SMILES string of the molecule is O=C(CCC(=O)OCCCc1ccccc1)NC(=S)NNC(=O)C1CC(=O)N(Cc2ccccc2)C1. The molecule has 2 aromatic carbocycles. The third kappa shape index (κ3) is 9.10. The number of nitrogens with one attached hydrogen (secondary N) is 3. The van der Waals surface area contributed by atoms with Crippen LogP contribution in [0.15, 0.2) is 60.7 Å². The molecule has 10 heteroatoms. The number of carbonyl (C=O) groups excluding carboxylic acids is 4. The van der Waals surface area contributed by atoms with Gasteiger partial charge in [0.1, 0.15) is 0 Å². The van der Waals surface area contributed by atoms with Crippen molar-refractivity contribution in [3.8, 4) is 0 Å². The number of rotatable bonds is 10. The molecule has 190 valence electrons. The monoisotopic (exact) mass is 510 g/mol. The molecule has 0 aromatic heterocycles. The minimum Gasteiger partial charge on any atom is -0.466 e. The molecule has 3 amide bonds. The van der Waals surface area contributed by atoms with Crippen LogP contribution in [0.25, 0.3) is 0 Å². The Balaban J connectivity index is 1.27. The lowest BCUT2D eigenvalue weighted by atomic mass is 10.1. The summed E-state index contributed by atoms with van der Waals surface area (Å²) in [6.45, 7) is 1.03. The smallest absolute Gasteiger partial charge is 0.306 e. The van der Waals surface area contributed by atoms with Crippen LogP contribution in [0.2, 0.25) is 0 Å². The second-order valence-electron chi connectivity index (χ2n) is 8.46. The van der Waals surface area contributed by atoms with E-state index in [4.69, 9.17) is 17.0 Å². The van der Waals surface area contributed by atoms with Gasteiger partial charge in [-0.1, -0.05) is 60.7 Å². The number of thiocarbonyl (C=S) groups is 1. The number of benzene rings is 2. The number of hydrazine groups is 1. The van der Waals surface area contributed by atoms with Crippen LogP contribution in [0.1, 0.15) is 36.8 Å². The van der Waals surface area contributed by atoms with Gasteiger partial charge in [-0.05, 0) is 36.2 Å². The van der Waals surface area contributed by atoms with Crippen molar-refractivity contribution in [3.63, 3.8) is 0 Å². The maximum Gasteiger partial charge on any atom is 0.306 e. The van der Waals surface area contributed by atoms with Crippen molar-refractivity contribution in [3.05, 3.63) is 71.8 Å². The lowest BCUT2D eigenvalue weighted by Gasteiger charge is -2.17. The third-order valence-electron chi connectivity index (χ3n) is 5.63. The molecule has 0 saturated carbocycles. The lowest BCUT2D eigenvalue weighted by molar-refractivity contribution is -0.145. The van der Waals surface area contributed by atoms with Crippen molar-refractivity contribution in [2.24, 2.45) is 5.92 Å². The summed E-state index contributed by atoms with van der Waals surface area (Å²) in [6, 6.07) is 19.4. The predicted molar refractivity (Wildman–Crippen MR) is 137 cm³/mol. The Bertz CT molecular complexity index is 1060. The first-order valence-electron chi connectivity index (χ1n) is 11.8. The molecule has 1 atom stereocenters. The van der Waals surface area contributed by atoms with E-state index in [1.807, 2.05) is 60.7 Å². The molecular formula is C26H30N4O5S. The van der Waals surface area contributed by atoms with Crippen LogP contribution in [0.4, 0.5) is 0 Å². The van der Waals surface area contributed by atoms with E-state index >= 15 is 0 Å². The first kappa shape index (κ1) is 26.8. The van der Waals surface area contributed by atoms with Gasteiger partial charge in [-0.15, -0.1) is 0 Å². The van der Waals surface area contributed by atoms with Crippen LogP contribution >= 0.6 is 12.2 Å². The Morgan fingerprint density at radius 1 is 0.944 bits per heavy atom. The van der Waals surface area contributed by atoms with Crippen molar-refractivity contribution >= 4 is 41.0 Å². The fourth-order valence-electron chi connectivity index (χ4n) is 3.74. The van der Waals surface area contributed by atoms with E-state index in [1.54, 1.807) is 4.90 Å². The van der Waals surface area contributed by atoms with Crippen molar-refractivity contribution < 1.29 is 23.9 Å². The van der Waals surface area contributed by atoms with Crippen molar-refractivity contribution in [1.82, 2.24) is 21.1 Å². The second kappa shape index (κ2) is 13.9. The highest BCUT2D eigenvalue weighted by molar-refractivity contribution is 7.80. The Morgan fingerprint density at radius 2 is 1.61 bits per heavy atom. The normalized spacial score (nSPS) is 14.7. The first-order chi connectivity index (χ1) is 17.4. The Hall–Kier alpha value is -3.79. The molecule has 0 spiro atoms. The molecule has 0 aliphatic carbocycles. The molecule has 1 unspecified atom stereocenters. The minimum atomic E-state index is -0.524. The molecule has 1 heterocycles.